The quantitative estimate of drug-likeness (QED) is 0.703. The van der Waals surface area contributed by atoms with E-state index in [1.807, 2.05) is 4.90 Å². The van der Waals surface area contributed by atoms with Gasteiger partial charge in [0.25, 0.3) is 0 Å². The molecule has 0 spiro atoms. The highest BCUT2D eigenvalue weighted by atomic mass is 35.5. The average molecular weight is 252 g/mol. The van der Waals surface area contributed by atoms with Crippen LogP contribution in [0.1, 0.15) is 25.0 Å². The first-order valence-electron chi connectivity index (χ1n) is 5.97. The van der Waals surface area contributed by atoms with Gasteiger partial charge in [-0.05, 0) is 17.5 Å². The van der Waals surface area contributed by atoms with Crippen molar-refractivity contribution in [2.45, 2.75) is 25.7 Å². The normalized spacial score (nSPS) is 18.4. The van der Waals surface area contributed by atoms with Crippen molar-refractivity contribution in [2.24, 2.45) is 0 Å². The van der Waals surface area contributed by atoms with E-state index in [2.05, 4.69) is 38.1 Å². The van der Waals surface area contributed by atoms with Crippen molar-refractivity contribution in [2.75, 3.05) is 19.0 Å². The number of amides is 1. The Morgan fingerprint density at radius 1 is 1.41 bits per heavy atom. The summed E-state index contributed by atoms with van der Waals surface area (Å²) in [7, 11) is 0. The van der Waals surface area contributed by atoms with Crippen LogP contribution < -0.4 is 0 Å². The number of rotatable bonds is 1. The van der Waals surface area contributed by atoms with Gasteiger partial charge in [0, 0.05) is 18.5 Å². The molecule has 1 aromatic carbocycles. The number of hydrogen-bond donors (Lipinski definition) is 0. The summed E-state index contributed by atoms with van der Waals surface area (Å²) in [6, 6.07) is 8.46. The zero-order valence-electron chi connectivity index (χ0n) is 10.4. The summed E-state index contributed by atoms with van der Waals surface area (Å²) in [5.74, 6) is 0.111. The maximum Gasteiger partial charge on any atom is 0.237 e. The van der Waals surface area contributed by atoms with Gasteiger partial charge in [0.05, 0.1) is 0 Å². The summed E-state index contributed by atoms with van der Waals surface area (Å²) in [6.45, 7) is 5.89. The van der Waals surface area contributed by atoms with Crippen LogP contribution in [-0.4, -0.2) is 29.8 Å². The third kappa shape index (κ3) is 2.47. The van der Waals surface area contributed by atoms with Crippen molar-refractivity contribution in [1.29, 1.82) is 0 Å². The predicted molar refractivity (Wildman–Crippen MR) is 70.5 cm³/mol. The Balaban J connectivity index is 2.33. The highest BCUT2D eigenvalue weighted by molar-refractivity contribution is 6.27. The van der Waals surface area contributed by atoms with Crippen molar-refractivity contribution in [3.05, 3.63) is 35.4 Å². The van der Waals surface area contributed by atoms with E-state index in [0.29, 0.717) is 0 Å². The molecule has 0 fully saturated rings. The van der Waals surface area contributed by atoms with E-state index in [4.69, 9.17) is 11.6 Å². The average Bonchev–Trinajstić information content (AvgIpc) is 2.46. The summed E-state index contributed by atoms with van der Waals surface area (Å²) in [4.78, 5) is 13.6. The molecule has 0 radical (unpaired) electrons. The lowest BCUT2D eigenvalue weighted by molar-refractivity contribution is -0.129. The molecule has 0 bridgehead atoms. The topological polar surface area (TPSA) is 20.3 Å². The molecule has 2 nitrogen and oxygen atoms in total. The van der Waals surface area contributed by atoms with Gasteiger partial charge in [-0.3, -0.25) is 4.79 Å². The maximum atomic E-state index is 11.8. The summed E-state index contributed by atoms with van der Waals surface area (Å²) in [5.41, 5.74) is 2.70. The number of alkyl halides is 1. The van der Waals surface area contributed by atoms with Gasteiger partial charge in [0.2, 0.25) is 5.91 Å². The number of benzene rings is 1. The summed E-state index contributed by atoms with van der Waals surface area (Å²) in [6.07, 6.45) is 0.919. The predicted octanol–water partition coefficient (Wildman–Crippen LogP) is 2.59. The van der Waals surface area contributed by atoms with Gasteiger partial charge < -0.3 is 4.90 Å². The molecule has 3 heteroatoms. The van der Waals surface area contributed by atoms with E-state index in [-0.39, 0.29) is 17.2 Å². The van der Waals surface area contributed by atoms with Gasteiger partial charge in [0.15, 0.2) is 0 Å². The zero-order valence-corrected chi connectivity index (χ0v) is 11.1. The standard InChI is InChI=1S/C14H18ClNO/c1-14(2)10-16(13(17)9-15)8-7-11-5-3-4-6-12(11)14/h3-6H,7-10H2,1-2H3. The summed E-state index contributed by atoms with van der Waals surface area (Å²) >= 11 is 5.65. The minimum Gasteiger partial charge on any atom is -0.340 e. The first kappa shape index (κ1) is 12.4. The molecular formula is C14H18ClNO. The van der Waals surface area contributed by atoms with Crippen LogP contribution >= 0.6 is 11.6 Å². The Labute approximate surface area is 108 Å². The minimum absolute atomic E-state index is 0.00515. The van der Waals surface area contributed by atoms with Gasteiger partial charge in [-0.25, -0.2) is 0 Å². The van der Waals surface area contributed by atoms with Gasteiger partial charge >= 0.3 is 0 Å². The number of carbonyl (C=O) groups excluding carboxylic acids is 1. The first-order valence-corrected chi connectivity index (χ1v) is 6.50. The third-order valence-corrected chi connectivity index (χ3v) is 3.68. The van der Waals surface area contributed by atoms with Gasteiger partial charge in [-0.15, -0.1) is 11.6 Å². The number of fused-ring (bicyclic) bond motifs is 1. The second-order valence-corrected chi connectivity index (χ2v) is 5.51. The number of hydrogen-bond acceptors (Lipinski definition) is 1. The molecule has 1 aliphatic heterocycles. The van der Waals surface area contributed by atoms with E-state index in [1.165, 1.54) is 11.1 Å². The van der Waals surface area contributed by atoms with Crippen molar-refractivity contribution in [1.82, 2.24) is 4.90 Å². The highest BCUT2D eigenvalue weighted by Gasteiger charge is 2.30. The fourth-order valence-corrected chi connectivity index (χ4v) is 2.76. The summed E-state index contributed by atoms with van der Waals surface area (Å²) in [5, 5.41) is 0. The molecule has 0 aromatic heterocycles. The van der Waals surface area contributed by atoms with Crippen LogP contribution in [0, 0.1) is 0 Å². The van der Waals surface area contributed by atoms with Crippen molar-refractivity contribution in [3.8, 4) is 0 Å². The fourth-order valence-electron chi connectivity index (χ4n) is 2.59. The molecule has 1 aromatic rings. The molecule has 0 saturated heterocycles. The molecule has 0 aliphatic carbocycles. The molecule has 92 valence electrons. The lowest BCUT2D eigenvalue weighted by atomic mass is 9.82. The van der Waals surface area contributed by atoms with Gasteiger partial charge in [-0.1, -0.05) is 38.1 Å². The number of carbonyl (C=O) groups is 1. The van der Waals surface area contributed by atoms with Crippen LogP contribution in [0.2, 0.25) is 0 Å². The Hall–Kier alpha value is -1.02. The van der Waals surface area contributed by atoms with Crippen molar-refractivity contribution >= 4 is 17.5 Å². The van der Waals surface area contributed by atoms with E-state index in [0.717, 1.165) is 19.5 Å². The Kier molecular flexibility index (Phi) is 3.43. The summed E-state index contributed by atoms with van der Waals surface area (Å²) < 4.78 is 0. The highest BCUT2D eigenvalue weighted by Crippen LogP contribution is 2.30. The molecular weight excluding hydrogens is 234 g/mol. The SMILES string of the molecule is CC1(C)CN(C(=O)CCl)CCc2ccccc21. The molecule has 1 aliphatic rings. The van der Waals surface area contributed by atoms with Crippen molar-refractivity contribution in [3.63, 3.8) is 0 Å². The van der Waals surface area contributed by atoms with Crippen molar-refractivity contribution < 1.29 is 4.79 Å². The lowest BCUT2D eigenvalue weighted by Gasteiger charge is -2.30. The van der Waals surface area contributed by atoms with Crippen LogP contribution in [0.25, 0.3) is 0 Å². The van der Waals surface area contributed by atoms with Crippen LogP contribution in [0.4, 0.5) is 0 Å². The largest absolute Gasteiger partial charge is 0.340 e. The van der Waals surface area contributed by atoms with Crippen LogP contribution in [0.3, 0.4) is 0 Å². The smallest absolute Gasteiger partial charge is 0.237 e. The lowest BCUT2D eigenvalue weighted by Crippen LogP contribution is -2.40. The molecule has 17 heavy (non-hydrogen) atoms. The Morgan fingerprint density at radius 2 is 2.12 bits per heavy atom. The Morgan fingerprint density at radius 3 is 2.82 bits per heavy atom. The maximum absolute atomic E-state index is 11.8. The van der Waals surface area contributed by atoms with Crippen LogP contribution in [-0.2, 0) is 16.6 Å². The third-order valence-electron chi connectivity index (χ3n) is 3.45. The number of halogens is 1. The second kappa shape index (κ2) is 4.69. The van der Waals surface area contributed by atoms with Gasteiger partial charge in [-0.2, -0.15) is 0 Å². The molecule has 1 heterocycles. The van der Waals surface area contributed by atoms with E-state index in [9.17, 15) is 4.79 Å². The minimum atomic E-state index is -0.00515. The molecule has 0 unspecified atom stereocenters. The molecule has 0 saturated carbocycles. The van der Waals surface area contributed by atoms with E-state index >= 15 is 0 Å². The molecule has 0 N–H and O–H groups in total. The first-order chi connectivity index (χ1) is 8.04. The van der Waals surface area contributed by atoms with E-state index in [1.54, 1.807) is 0 Å². The zero-order chi connectivity index (χ0) is 12.5. The van der Waals surface area contributed by atoms with Crippen LogP contribution in [0.5, 0.6) is 0 Å². The Bertz CT molecular complexity index is 428. The number of nitrogens with zero attached hydrogens (tertiary/aromatic N) is 1. The fraction of sp³-hybridized carbons (Fsp3) is 0.500. The van der Waals surface area contributed by atoms with Gasteiger partial charge in [0.1, 0.15) is 5.88 Å². The van der Waals surface area contributed by atoms with E-state index < -0.39 is 0 Å². The monoisotopic (exact) mass is 251 g/mol. The molecule has 2 rings (SSSR count). The molecule has 1 amide bonds. The molecule has 0 atom stereocenters. The van der Waals surface area contributed by atoms with Crippen LogP contribution in [0.15, 0.2) is 24.3 Å². The second-order valence-electron chi connectivity index (χ2n) is 5.24.